The summed E-state index contributed by atoms with van der Waals surface area (Å²) in [6.07, 6.45) is 5.53. The highest BCUT2D eigenvalue weighted by atomic mass is 32.2. The predicted octanol–water partition coefficient (Wildman–Crippen LogP) is 3.30. The molecule has 0 amide bonds. The van der Waals surface area contributed by atoms with Gasteiger partial charge in [-0.3, -0.25) is 9.59 Å². The number of hydrogen-bond donors (Lipinski definition) is 1. The first-order valence-corrected chi connectivity index (χ1v) is 9.82. The standard InChI is InChI=1S/C16H20N2O3S2/c1-2-21-12(19)8-5-9-22-16-17-14(20)13-10-6-3-4-7-11(10)23-15(13)18-16/h2-9H2,1H3,(H,17,18,20). The van der Waals surface area contributed by atoms with E-state index in [1.807, 2.05) is 0 Å². The smallest absolute Gasteiger partial charge is 0.305 e. The molecular weight excluding hydrogens is 332 g/mol. The summed E-state index contributed by atoms with van der Waals surface area (Å²) in [5.74, 6) is 0.564. The number of ether oxygens (including phenoxy) is 1. The largest absolute Gasteiger partial charge is 0.466 e. The topological polar surface area (TPSA) is 72.0 Å². The highest BCUT2D eigenvalue weighted by Gasteiger charge is 2.19. The normalized spacial score (nSPS) is 14.0. The van der Waals surface area contributed by atoms with E-state index in [0.29, 0.717) is 24.6 Å². The molecule has 0 bridgehead atoms. The molecule has 7 heteroatoms. The van der Waals surface area contributed by atoms with E-state index >= 15 is 0 Å². The van der Waals surface area contributed by atoms with Gasteiger partial charge in [0.05, 0.1) is 12.0 Å². The lowest BCUT2D eigenvalue weighted by Crippen LogP contribution is -2.11. The average molecular weight is 352 g/mol. The number of nitrogens with one attached hydrogen (secondary N) is 1. The number of hydrogen-bond acceptors (Lipinski definition) is 6. The Morgan fingerprint density at radius 2 is 2.22 bits per heavy atom. The van der Waals surface area contributed by atoms with Crippen LogP contribution in [-0.4, -0.2) is 28.3 Å². The molecule has 23 heavy (non-hydrogen) atoms. The Morgan fingerprint density at radius 1 is 1.39 bits per heavy atom. The Labute approximate surface area is 142 Å². The van der Waals surface area contributed by atoms with Gasteiger partial charge in [-0.1, -0.05) is 11.8 Å². The summed E-state index contributed by atoms with van der Waals surface area (Å²) in [4.78, 5) is 33.3. The summed E-state index contributed by atoms with van der Waals surface area (Å²) in [6.45, 7) is 2.22. The zero-order valence-corrected chi connectivity index (χ0v) is 14.8. The molecule has 1 aliphatic carbocycles. The maximum atomic E-state index is 12.4. The molecule has 2 heterocycles. The maximum absolute atomic E-state index is 12.4. The third kappa shape index (κ3) is 3.77. The summed E-state index contributed by atoms with van der Waals surface area (Å²) in [5.41, 5.74) is 1.19. The summed E-state index contributed by atoms with van der Waals surface area (Å²) in [7, 11) is 0. The van der Waals surface area contributed by atoms with Crippen LogP contribution < -0.4 is 5.56 Å². The van der Waals surface area contributed by atoms with Crippen molar-refractivity contribution in [3.8, 4) is 0 Å². The van der Waals surface area contributed by atoms with E-state index < -0.39 is 0 Å². The number of aryl methyl sites for hydroxylation is 2. The van der Waals surface area contributed by atoms with Gasteiger partial charge in [-0.25, -0.2) is 4.98 Å². The minimum absolute atomic E-state index is 0.0257. The maximum Gasteiger partial charge on any atom is 0.305 e. The first-order chi connectivity index (χ1) is 11.2. The molecule has 2 aromatic heterocycles. The van der Waals surface area contributed by atoms with Gasteiger partial charge in [-0.2, -0.15) is 0 Å². The molecule has 0 atom stereocenters. The van der Waals surface area contributed by atoms with Crippen molar-refractivity contribution in [2.75, 3.05) is 12.4 Å². The fourth-order valence-electron chi connectivity index (χ4n) is 2.83. The predicted molar refractivity (Wildman–Crippen MR) is 93.5 cm³/mol. The number of fused-ring (bicyclic) bond motifs is 3. The minimum atomic E-state index is -0.170. The molecule has 0 spiro atoms. The van der Waals surface area contributed by atoms with E-state index in [2.05, 4.69) is 9.97 Å². The van der Waals surface area contributed by atoms with E-state index in [-0.39, 0.29) is 11.5 Å². The minimum Gasteiger partial charge on any atom is -0.466 e. The highest BCUT2D eigenvalue weighted by Crippen LogP contribution is 2.34. The van der Waals surface area contributed by atoms with Crippen LogP contribution in [0.4, 0.5) is 0 Å². The molecule has 0 saturated carbocycles. The molecule has 0 aromatic carbocycles. The Hall–Kier alpha value is -1.34. The van der Waals surface area contributed by atoms with E-state index in [1.165, 1.54) is 28.6 Å². The van der Waals surface area contributed by atoms with Crippen LogP contribution >= 0.6 is 23.1 Å². The lowest BCUT2D eigenvalue weighted by Gasteiger charge is -2.09. The number of rotatable bonds is 6. The van der Waals surface area contributed by atoms with Crippen molar-refractivity contribution in [1.82, 2.24) is 9.97 Å². The van der Waals surface area contributed by atoms with Crippen LogP contribution in [0.5, 0.6) is 0 Å². The van der Waals surface area contributed by atoms with Gasteiger partial charge in [0, 0.05) is 17.1 Å². The van der Waals surface area contributed by atoms with Gasteiger partial charge >= 0.3 is 5.97 Å². The molecule has 0 fully saturated rings. The SMILES string of the molecule is CCOC(=O)CCCSc1nc2sc3c(c2c(=O)[nH]1)CCCC3. The van der Waals surface area contributed by atoms with Gasteiger partial charge in [0.1, 0.15) is 4.83 Å². The lowest BCUT2D eigenvalue weighted by atomic mass is 9.97. The Morgan fingerprint density at radius 3 is 3.04 bits per heavy atom. The zero-order chi connectivity index (χ0) is 16.2. The highest BCUT2D eigenvalue weighted by molar-refractivity contribution is 7.99. The van der Waals surface area contributed by atoms with Crippen molar-refractivity contribution in [3.05, 3.63) is 20.8 Å². The van der Waals surface area contributed by atoms with Crippen molar-refractivity contribution in [3.63, 3.8) is 0 Å². The molecule has 1 aliphatic rings. The van der Waals surface area contributed by atoms with Crippen molar-refractivity contribution < 1.29 is 9.53 Å². The van der Waals surface area contributed by atoms with Gasteiger partial charge in [0.15, 0.2) is 5.16 Å². The third-order valence-corrected chi connectivity index (χ3v) is 6.02. The van der Waals surface area contributed by atoms with E-state index in [1.54, 1.807) is 18.3 Å². The molecule has 0 saturated heterocycles. The fourth-order valence-corrected chi connectivity index (χ4v) is 4.95. The van der Waals surface area contributed by atoms with Crippen molar-refractivity contribution >= 4 is 39.3 Å². The van der Waals surface area contributed by atoms with Gasteiger partial charge in [0.25, 0.3) is 5.56 Å². The molecule has 5 nitrogen and oxygen atoms in total. The molecule has 0 aliphatic heterocycles. The lowest BCUT2D eigenvalue weighted by molar-refractivity contribution is -0.143. The average Bonchev–Trinajstić information content (AvgIpc) is 2.90. The van der Waals surface area contributed by atoms with Crippen LogP contribution in [0, 0.1) is 0 Å². The van der Waals surface area contributed by atoms with Gasteiger partial charge in [0.2, 0.25) is 0 Å². The van der Waals surface area contributed by atoms with Gasteiger partial charge in [-0.15, -0.1) is 11.3 Å². The van der Waals surface area contributed by atoms with Crippen molar-refractivity contribution in [2.24, 2.45) is 0 Å². The van der Waals surface area contributed by atoms with E-state index in [4.69, 9.17) is 4.74 Å². The van der Waals surface area contributed by atoms with Crippen LogP contribution in [0.3, 0.4) is 0 Å². The molecule has 3 rings (SSSR count). The summed E-state index contributed by atoms with van der Waals surface area (Å²) in [5, 5.41) is 1.44. The first-order valence-electron chi connectivity index (χ1n) is 8.02. The monoisotopic (exact) mass is 352 g/mol. The molecule has 2 aromatic rings. The molecule has 0 unspecified atom stereocenters. The van der Waals surface area contributed by atoms with Crippen LogP contribution in [0.1, 0.15) is 43.0 Å². The third-order valence-electron chi connectivity index (χ3n) is 3.87. The Kier molecular flexibility index (Phi) is 5.38. The van der Waals surface area contributed by atoms with Crippen molar-refractivity contribution in [1.29, 1.82) is 0 Å². The Bertz CT molecular complexity index is 767. The second-order valence-electron chi connectivity index (χ2n) is 5.52. The summed E-state index contributed by atoms with van der Waals surface area (Å²) < 4.78 is 4.90. The summed E-state index contributed by atoms with van der Waals surface area (Å²) >= 11 is 3.15. The molecule has 1 N–H and O–H groups in total. The molecular formula is C16H20N2O3S2. The second kappa shape index (κ2) is 7.49. The number of esters is 1. The second-order valence-corrected chi connectivity index (χ2v) is 7.69. The summed E-state index contributed by atoms with van der Waals surface area (Å²) in [6, 6.07) is 0. The van der Waals surface area contributed by atoms with Gasteiger partial charge in [-0.05, 0) is 44.6 Å². The van der Waals surface area contributed by atoms with Crippen LogP contribution in [0.15, 0.2) is 9.95 Å². The number of nitrogens with zero attached hydrogens (tertiary/aromatic N) is 1. The number of H-pyrrole nitrogens is 1. The first kappa shape index (κ1) is 16.5. The van der Waals surface area contributed by atoms with Crippen LogP contribution in [0.2, 0.25) is 0 Å². The number of carbonyl (C=O) groups is 1. The zero-order valence-electron chi connectivity index (χ0n) is 13.1. The number of thioether (sulfide) groups is 1. The number of aromatic nitrogens is 2. The van der Waals surface area contributed by atoms with Crippen LogP contribution in [-0.2, 0) is 22.4 Å². The molecule has 124 valence electrons. The number of carbonyl (C=O) groups excluding carboxylic acids is 1. The quantitative estimate of drug-likeness (QED) is 0.374. The Balaban J connectivity index is 1.68. The van der Waals surface area contributed by atoms with E-state index in [9.17, 15) is 9.59 Å². The van der Waals surface area contributed by atoms with Crippen molar-refractivity contribution in [2.45, 2.75) is 50.6 Å². The van der Waals surface area contributed by atoms with E-state index in [0.717, 1.165) is 35.2 Å². The fraction of sp³-hybridized carbons (Fsp3) is 0.562. The van der Waals surface area contributed by atoms with Gasteiger partial charge < -0.3 is 9.72 Å². The number of aromatic amines is 1. The molecule has 0 radical (unpaired) electrons. The van der Waals surface area contributed by atoms with Crippen LogP contribution in [0.25, 0.3) is 10.2 Å². The number of thiophene rings is 1.